The zero-order valence-corrected chi connectivity index (χ0v) is 18.5. The summed E-state index contributed by atoms with van der Waals surface area (Å²) in [6.07, 6.45) is 1.39. The van der Waals surface area contributed by atoms with E-state index in [1.165, 1.54) is 12.1 Å². The van der Waals surface area contributed by atoms with E-state index in [0.717, 1.165) is 0 Å². The average Bonchev–Trinajstić information content (AvgIpc) is 2.70. The molecular formula is C21H18BrClN2O5. The van der Waals surface area contributed by atoms with Crippen LogP contribution in [0.3, 0.4) is 0 Å². The molecule has 0 saturated carbocycles. The van der Waals surface area contributed by atoms with E-state index in [2.05, 4.69) is 21.2 Å². The Kier molecular flexibility index (Phi) is 8.27. The van der Waals surface area contributed by atoms with Gasteiger partial charge in [-0.1, -0.05) is 33.6 Å². The van der Waals surface area contributed by atoms with Crippen LogP contribution in [-0.2, 0) is 9.59 Å². The zero-order chi connectivity index (χ0) is 22.3. The minimum Gasteiger partial charge on any atom is -0.490 e. The number of carbonyl (C=O) groups is 2. The van der Waals surface area contributed by atoms with Crippen LogP contribution in [-0.4, -0.2) is 30.2 Å². The van der Waals surface area contributed by atoms with Crippen molar-refractivity contribution in [1.29, 1.82) is 5.26 Å². The first-order chi connectivity index (χ1) is 14.3. The molecule has 0 aromatic heterocycles. The first-order valence-corrected chi connectivity index (χ1v) is 9.93. The van der Waals surface area contributed by atoms with Crippen molar-refractivity contribution in [2.75, 3.05) is 18.5 Å². The Bertz CT molecular complexity index is 1050. The van der Waals surface area contributed by atoms with Crippen molar-refractivity contribution in [2.45, 2.75) is 13.8 Å². The molecule has 0 bridgehead atoms. The summed E-state index contributed by atoms with van der Waals surface area (Å²) in [6, 6.07) is 10.0. The summed E-state index contributed by atoms with van der Waals surface area (Å²) >= 11 is 9.42. The Morgan fingerprint density at radius 1 is 1.30 bits per heavy atom. The molecule has 0 unspecified atom stereocenters. The van der Waals surface area contributed by atoms with Crippen molar-refractivity contribution in [1.82, 2.24) is 0 Å². The van der Waals surface area contributed by atoms with Crippen molar-refractivity contribution >= 4 is 51.2 Å². The number of rotatable bonds is 8. The van der Waals surface area contributed by atoms with Crippen LogP contribution in [0.5, 0.6) is 11.5 Å². The molecule has 0 fully saturated rings. The summed E-state index contributed by atoms with van der Waals surface area (Å²) in [5, 5.41) is 21.5. The lowest BCUT2D eigenvalue weighted by Gasteiger charge is -2.13. The second-order valence-corrected chi connectivity index (χ2v) is 7.23. The highest BCUT2D eigenvalue weighted by molar-refractivity contribution is 9.10. The maximum absolute atomic E-state index is 12.6. The maximum atomic E-state index is 12.6. The van der Waals surface area contributed by atoms with Crippen LogP contribution in [0.2, 0.25) is 5.02 Å². The number of nitrogens with one attached hydrogen (secondary N) is 1. The fourth-order valence-corrected chi connectivity index (χ4v) is 3.03. The molecule has 0 aliphatic rings. The summed E-state index contributed by atoms with van der Waals surface area (Å²) in [7, 11) is 0. The van der Waals surface area contributed by atoms with Crippen molar-refractivity contribution < 1.29 is 24.2 Å². The number of nitrogens with zero attached hydrogens (tertiary/aromatic N) is 1. The van der Waals surface area contributed by atoms with E-state index in [1.807, 2.05) is 6.07 Å². The normalized spacial score (nSPS) is 10.8. The maximum Gasteiger partial charge on any atom is 0.341 e. The van der Waals surface area contributed by atoms with E-state index in [0.29, 0.717) is 32.9 Å². The minimum absolute atomic E-state index is 0.142. The van der Waals surface area contributed by atoms with Gasteiger partial charge in [-0.25, -0.2) is 4.79 Å². The fraction of sp³-hybridized carbons (Fsp3) is 0.190. The SMILES string of the molecule is CCOc1cc(/C=C(\C#N)C(=O)Nc2cccc(Cl)c2C)c(Br)cc1OCC(=O)O. The van der Waals surface area contributed by atoms with Gasteiger partial charge >= 0.3 is 5.97 Å². The summed E-state index contributed by atoms with van der Waals surface area (Å²) in [5.41, 5.74) is 1.53. The van der Waals surface area contributed by atoms with E-state index in [1.54, 1.807) is 38.1 Å². The van der Waals surface area contributed by atoms with Crippen LogP contribution < -0.4 is 14.8 Å². The number of halogens is 2. The Hall–Kier alpha value is -3.02. The molecule has 2 rings (SSSR count). The molecule has 2 aromatic rings. The molecule has 9 heteroatoms. The summed E-state index contributed by atoms with van der Waals surface area (Å²) in [5.74, 6) is -1.21. The van der Waals surface area contributed by atoms with Gasteiger partial charge in [-0.05, 0) is 55.3 Å². The third-order valence-electron chi connectivity index (χ3n) is 3.89. The Labute approximate surface area is 187 Å². The van der Waals surface area contributed by atoms with Gasteiger partial charge in [-0.3, -0.25) is 4.79 Å². The quantitative estimate of drug-likeness (QED) is 0.403. The van der Waals surface area contributed by atoms with Crippen LogP contribution >= 0.6 is 27.5 Å². The number of ether oxygens (including phenoxy) is 2. The molecule has 30 heavy (non-hydrogen) atoms. The first-order valence-electron chi connectivity index (χ1n) is 8.76. The molecular weight excluding hydrogens is 476 g/mol. The second kappa shape index (κ2) is 10.7. The predicted octanol–water partition coefficient (Wildman–Crippen LogP) is 4.82. The molecule has 156 valence electrons. The Morgan fingerprint density at radius 2 is 2.00 bits per heavy atom. The molecule has 7 nitrogen and oxygen atoms in total. The number of benzene rings is 2. The van der Waals surface area contributed by atoms with Crippen molar-refractivity contribution in [3.8, 4) is 17.6 Å². The first kappa shape index (κ1) is 23.3. The molecule has 2 aromatic carbocycles. The topological polar surface area (TPSA) is 109 Å². The highest BCUT2D eigenvalue weighted by Gasteiger charge is 2.15. The monoisotopic (exact) mass is 492 g/mol. The number of amides is 1. The Morgan fingerprint density at radius 3 is 2.63 bits per heavy atom. The van der Waals surface area contributed by atoms with E-state index in [9.17, 15) is 14.9 Å². The number of nitriles is 1. The lowest BCUT2D eigenvalue weighted by atomic mass is 10.1. The minimum atomic E-state index is -1.13. The molecule has 0 radical (unpaired) electrons. The van der Waals surface area contributed by atoms with Crippen molar-refractivity contribution in [3.05, 3.63) is 56.5 Å². The van der Waals surface area contributed by atoms with E-state index >= 15 is 0 Å². The Balaban J connectivity index is 2.36. The molecule has 0 aliphatic carbocycles. The number of hydrogen-bond acceptors (Lipinski definition) is 5. The number of carboxylic acid groups (broad SMARTS) is 1. The van der Waals surface area contributed by atoms with Crippen LogP contribution in [0.4, 0.5) is 5.69 Å². The molecule has 1 amide bonds. The van der Waals surface area contributed by atoms with Gasteiger partial charge < -0.3 is 19.9 Å². The lowest BCUT2D eigenvalue weighted by Crippen LogP contribution is -2.14. The third kappa shape index (κ3) is 5.99. The van der Waals surface area contributed by atoms with Crippen LogP contribution in [0, 0.1) is 18.3 Å². The van der Waals surface area contributed by atoms with Gasteiger partial charge in [0, 0.05) is 15.2 Å². The smallest absolute Gasteiger partial charge is 0.341 e. The molecule has 0 spiro atoms. The number of carbonyl (C=O) groups excluding carboxylic acids is 1. The van der Waals surface area contributed by atoms with Gasteiger partial charge in [-0.2, -0.15) is 5.26 Å². The largest absolute Gasteiger partial charge is 0.490 e. The summed E-state index contributed by atoms with van der Waals surface area (Å²) in [6.45, 7) is 3.30. The number of hydrogen-bond donors (Lipinski definition) is 2. The fourth-order valence-electron chi connectivity index (χ4n) is 2.42. The molecule has 2 N–H and O–H groups in total. The highest BCUT2D eigenvalue weighted by atomic mass is 79.9. The second-order valence-electron chi connectivity index (χ2n) is 5.97. The van der Waals surface area contributed by atoms with Gasteiger partial charge in [0.2, 0.25) is 0 Å². The summed E-state index contributed by atoms with van der Waals surface area (Å²) in [4.78, 5) is 23.4. The van der Waals surface area contributed by atoms with E-state index < -0.39 is 18.5 Å². The predicted molar refractivity (Wildman–Crippen MR) is 117 cm³/mol. The number of carboxylic acids is 1. The van der Waals surface area contributed by atoms with Gasteiger partial charge in [0.05, 0.1) is 6.61 Å². The van der Waals surface area contributed by atoms with Crippen LogP contribution in [0.1, 0.15) is 18.1 Å². The molecule has 0 heterocycles. The molecule has 0 saturated heterocycles. The number of anilines is 1. The third-order valence-corrected chi connectivity index (χ3v) is 4.99. The number of aliphatic carboxylic acids is 1. The van der Waals surface area contributed by atoms with Crippen LogP contribution in [0.25, 0.3) is 6.08 Å². The van der Waals surface area contributed by atoms with Crippen molar-refractivity contribution in [3.63, 3.8) is 0 Å². The van der Waals surface area contributed by atoms with E-state index in [-0.39, 0.29) is 17.1 Å². The van der Waals surface area contributed by atoms with Crippen molar-refractivity contribution in [2.24, 2.45) is 0 Å². The average molecular weight is 494 g/mol. The van der Waals surface area contributed by atoms with E-state index in [4.69, 9.17) is 26.2 Å². The van der Waals surface area contributed by atoms with Gasteiger partial charge in [0.15, 0.2) is 18.1 Å². The zero-order valence-electron chi connectivity index (χ0n) is 16.2. The molecule has 0 atom stereocenters. The van der Waals surface area contributed by atoms with Gasteiger partial charge in [0.1, 0.15) is 11.6 Å². The highest BCUT2D eigenvalue weighted by Crippen LogP contribution is 2.35. The van der Waals surface area contributed by atoms with Gasteiger partial charge in [-0.15, -0.1) is 0 Å². The summed E-state index contributed by atoms with van der Waals surface area (Å²) < 4.78 is 11.2. The molecule has 0 aliphatic heterocycles. The standard InChI is InChI=1S/C21H18BrClN2O5/c1-3-29-18-8-13(15(22)9-19(18)30-11-20(26)27)7-14(10-24)21(28)25-17-6-4-5-16(23)12(17)2/h4-9H,3,11H2,1-2H3,(H,25,28)(H,26,27)/b14-7+. The van der Waals surface area contributed by atoms with Crippen LogP contribution in [0.15, 0.2) is 40.4 Å². The van der Waals surface area contributed by atoms with Gasteiger partial charge in [0.25, 0.3) is 5.91 Å². The lowest BCUT2D eigenvalue weighted by molar-refractivity contribution is -0.139.